The number of nitrogens with one attached hydrogen (secondary N) is 1. The van der Waals surface area contributed by atoms with Crippen LogP contribution in [0.5, 0.6) is 0 Å². The van der Waals surface area contributed by atoms with Gasteiger partial charge in [-0.3, -0.25) is 9.59 Å². The van der Waals surface area contributed by atoms with Crippen LogP contribution in [0.3, 0.4) is 0 Å². The molecule has 20 heavy (non-hydrogen) atoms. The molecule has 2 fully saturated rings. The maximum atomic E-state index is 13.0. The molecule has 2 atom stereocenters. The summed E-state index contributed by atoms with van der Waals surface area (Å²) in [7, 11) is 0. The Morgan fingerprint density at radius 1 is 1.25 bits per heavy atom. The molecule has 1 saturated carbocycles. The Labute approximate surface area is 122 Å². The van der Waals surface area contributed by atoms with E-state index in [1.54, 1.807) is 0 Å². The van der Waals surface area contributed by atoms with Gasteiger partial charge in [-0.05, 0) is 32.1 Å². The Bertz CT molecular complexity index is 386. The molecule has 1 saturated heterocycles. The van der Waals surface area contributed by atoms with Crippen molar-refractivity contribution in [2.24, 2.45) is 5.92 Å². The lowest BCUT2D eigenvalue weighted by Crippen LogP contribution is -2.72. The van der Waals surface area contributed by atoms with E-state index < -0.39 is 5.54 Å². The number of piperazine rings is 1. The number of hydrogen-bond acceptors (Lipinski definition) is 2. The van der Waals surface area contributed by atoms with Crippen LogP contribution in [-0.2, 0) is 9.59 Å². The first-order chi connectivity index (χ1) is 9.43. The van der Waals surface area contributed by atoms with Crippen LogP contribution in [-0.4, -0.2) is 34.3 Å². The summed E-state index contributed by atoms with van der Waals surface area (Å²) in [6.07, 6.45) is 5.67. The number of carbonyl (C=O) groups is 2. The predicted molar refractivity (Wildman–Crippen MR) is 79.2 cm³/mol. The largest absolute Gasteiger partial charge is 0.340 e. The number of nitrogens with zero attached hydrogens (tertiary/aromatic N) is 1. The van der Waals surface area contributed by atoms with E-state index in [9.17, 15) is 9.59 Å². The molecular weight excluding hydrogens is 252 g/mol. The highest BCUT2D eigenvalue weighted by molar-refractivity contribution is 6.00. The minimum atomic E-state index is -0.593. The Morgan fingerprint density at radius 2 is 1.85 bits per heavy atom. The lowest BCUT2D eigenvalue weighted by atomic mass is 9.86. The highest BCUT2D eigenvalue weighted by Gasteiger charge is 2.53. The SMILES string of the molecule is CCCC(C)N1C(=O)C2(CCCC2)NC(=O)C1C(C)C. The van der Waals surface area contributed by atoms with E-state index in [0.717, 1.165) is 38.5 Å². The molecule has 0 aromatic rings. The fourth-order valence-electron chi connectivity index (χ4n) is 3.84. The van der Waals surface area contributed by atoms with Crippen molar-refractivity contribution in [2.45, 2.75) is 83.8 Å². The van der Waals surface area contributed by atoms with Gasteiger partial charge in [0, 0.05) is 6.04 Å². The first kappa shape index (κ1) is 15.3. The molecule has 2 unspecified atom stereocenters. The molecule has 114 valence electrons. The van der Waals surface area contributed by atoms with Crippen LogP contribution < -0.4 is 5.32 Å². The third-order valence-electron chi connectivity index (χ3n) is 4.84. The van der Waals surface area contributed by atoms with E-state index in [4.69, 9.17) is 0 Å². The van der Waals surface area contributed by atoms with Crippen molar-refractivity contribution >= 4 is 11.8 Å². The second kappa shape index (κ2) is 5.74. The topological polar surface area (TPSA) is 49.4 Å². The second-order valence-corrected chi connectivity index (χ2v) is 6.82. The molecule has 2 amide bonds. The summed E-state index contributed by atoms with van der Waals surface area (Å²) in [4.78, 5) is 27.5. The number of amides is 2. The molecule has 1 heterocycles. The molecule has 1 aliphatic carbocycles. The van der Waals surface area contributed by atoms with Crippen molar-refractivity contribution in [1.29, 1.82) is 0 Å². The molecule has 1 aliphatic heterocycles. The van der Waals surface area contributed by atoms with Gasteiger partial charge in [0.05, 0.1) is 0 Å². The third-order valence-corrected chi connectivity index (χ3v) is 4.84. The van der Waals surface area contributed by atoms with Crippen LogP contribution in [0.1, 0.15) is 66.2 Å². The van der Waals surface area contributed by atoms with Gasteiger partial charge in [0.2, 0.25) is 11.8 Å². The Hall–Kier alpha value is -1.06. The smallest absolute Gasteiger partial charge is 0.249 e. The highest BCUT2D eigenvalue weighted by Crippen LogP contribution is 2.37. The van der Waals surface area contributed by atoms with Gasteiger partial charge < -0.3 is 10.2 Å². The van der Waals surface area contributed by atoms with E-state index >= 15 is 0 Å². The van der Waals surface area contributed by atoms with Crippen molar-refractivity contribution in [1.82, 2.24) is 10.2 Å². The molecule has 0 aromatic heterocycles. The van der Waals surface area contributed by atoms with Crippen molar-refractivity contribution < 1.29 is 9.59 Å². The van der Waals surface area contributed by atoms with Crippen LogP contribution in [0.25, 0.3) is 0 Å². The van der Waals surface area contributed by atoms with Crippen LogP contribution >= 0.6 is 0 Å². The van der Waals surface area contributed by atoms with Crippen molar-refractivity contribution in [3.05, 3.63) is 0 Å². The molecule has 0 radical (unpaired) electrons. The monoisotopic (exact) mass is 280 g/mol. The second-order valence-electron chi connectivity index (χ2n) is 6.82. The molecule has 4 heteroatoms. The van der Waals surface area contributed by atoms with Crippen LogP contribution in [0, 0.1) is 5.92 Å². The van der Waals surface area contributed by atoms with Crippen LogP contribution in [0.4, 0.5) is 0 Å². The standard InChI is InChI=1S/C16H28N2O2/c1-5-8-12(4)18-13(11(2)3)14(19)17-16(15(18)20)9-6-7-10-16/h11-13H,5-10H2,1-4H3,(H,17,19). The highest BCUT2D eigenvalue weighted by atomic mass is 16.2. The zero-order chi connectivity index (χ0) is 14.9. The first-order valence-corrected chi connectivity index (χ1v) is 8.07. The van der Waals surface area contributed by atoms with E-state index in [1.165, 1.54) is 0 Å². The van der Waals surface area contributed by atoms with Crippen LogP contribution in [0.2, 0.25) is 0 Å². The van der Waals surface area contributed by atoms with Gasteiger partial charge >= 0.3 is 0 Å². The molecular formula is C16H28N2O2. The molecule has 0 bridgehead atoms. The minimum absolute atomic E-state index is 0.0458. The van der Waals surface area contributed by atoms with Gasteiger partial charge in [-0.2, -0.15) is 0 Å². The number of carbonyl (C=O) groups excluding carboxylic acids is 2. The summed E-state index contributed by atoms with van der Waals surface area (Å²) in [5, 5.41) is 3.07. The normalized spacial score (nSPS) is 27.2. The zero-order valence-corrected chi connectivity index (χ0v) is 13.2. The Balaban J connectivity index is 2.33. The Kier molecular flexibility index (Phi) is 4.40. The molecule has 0 aromatic carbocycles. The number of hydrogen-bond donors (Lipinski definition) is 1. The van der Waals surface area contributed by atoms with E-state index in [2.05, 4.69) is 19.2 Å². The summed E-state index contributed by atoms with van der Waals surface area (Å²) in [5.74, 6) is 0.357. The molecule has 1 N–H and O–H groups in total. The van der Waals surface area contributed by atoms with Gasteiger partial charge in [-0.15, -0.1) is 0 Å². The summed E-state index contributed by atoms with van der Waals surface area (Å²) in [6.45, 7) is 8.25. The van der Waals surface area contributed by atoms with Gasteiger partial charge in [0.25, 0.3) is 0 Å². The number of rotatable bonds is 4. The molecule has 1 spiro atoms. The van der Waals surface area contributed by atoms with Crippen molar-refractivity contribution in [3.63, 3.8) is 0 Å². The molecule has 2 aliphatic rings. The lowest BCUT2D eigenvalue weighted by Gasteiger charge is -2.48. The lowest BCUT2D eigenvalue weighted by molar-refractivity contribution is -0.159. The summed E-state index contributed by atoms with van der Waals surface area (Å²) >= 11 is 0. The maximum absolute atomic E-state index is 13.0. The minimum Gasteiger partial charge on any atom is -0.340 e. The van der Waals surface area contributed by atoms with Gasteiger partial charge in [-0.25, -0.2) is 0 Å². The van der Waals surface area contributed by atoms with Crippen molar-refractivity contribution in [3.8, 4) is 0 Å². The van der Waals surface area contributed by atoms with Gasteiger partial charge in [0.15, 0.2) is 0 Å². The van der Waals surface area contributed by atoms with E-state index in [1.807, 2.05) is 18.7 Å². The van der Waals surface area contributed by atoms with Crippen molar-refractivity contribution in [2.75, 3.05) is 0 Å². The average molecular weight is 280 g/mol. The fraction of sp³-hybridized carbons (Fsp3) is 0.875. The summed E-state index contributed by atoms with van der Waals surface area (Å²) in [6, 6.07) is -0.168. The summed E-state index contributed by atoms with van der Waals surface area (Å²) < 4.78 is 0. The van der Waals surface area contributed by atoms with E-state index in [-0.39, 0.29) is 29.8 Å². The molecule has 4 nitrogen and oxygen atoms in total. The Morgan fingerprint density at radius 3 is 2.35 bits per heavy atom. The quantitative estimate of drug-likeness (QED) is 0.860. The zero-order valence-electron chi connectivity index (χ0n) is 13.2. The van der Waals surface area contributed by atoms with Gasteiger partial charge in [-0.1, -0.05) is 40.0 Å². The first-order valence-electron chi connectivity index (χ1n) is 8.07. The predicted octanol–water partition coefficient (Wildman–Crippen LogP) is 2.47. The van der Waals surface area contributed by atoms with E-state index in [0.29, 0.717) is 0 Å². The fourth-order valence-corrected chi connectivity index (χ4v) is 3.84. The average Bonchev–Trinajstić information content (AvgIpc) is 2.82. The van der Waals surface area contributed by atoms with Crippen LogP contribution in [0.15, 0.2) is 0 Å². The maximum Gasteiger partial charge on any atom is 0.249 e. The third kappa shape index (κ3) is 2.45. The van der Waals surface area contributed by atoms with Gasteiger partial charge in [0.1, 0.15) is 11.6 Å². The summed E-state index contributed by atoms with van der Waals surface area (Å²) in [5.41, 5.74) is -0.593. The molecule has 2 rings (SSSR count).